The van der Waals surface area contributed by atoms with Crippen molar-refractivity contribution in [1.29, 1.82) is 0 Å². The molecule has 1 aliphatic rings. The van der Waals surface area contributed by atoms with Gasteiger partial charge in [0.05, 0.1) is 19.0 Å². The van der Waals surface area contributed by atoms with Gasteiger partial charge in [-0.15, -0.1) is 0 Å². The number of likely N-dealkylation sites (N-methyl/N-ethyl adjacent to an activating group) is 1. The third kappa shape index (κ3) is 3.40. The molecule has 0 aliphatic carbocycles. The zero-order chi connectivity index (χ0) is 17.1. The minimum absolute atomic E-state index is 0.0624. The highest BCUT2D eigenvalue weighted by atomic mass is 16.5. The lowest BCUT2D eigenvalue weighted by atomic mass is 10.2. The number of hydrogen-bond donors (Lipinski definition) is 1. The number of carbonyl (C=O) groups excluding carboxylic acids is 2. The molecule has 2 amide bonds. The molecule has 0 unspecified atom stereocenters. The van der Waals surface area contributed by atoms with E-state index in [1.165, 1.54) is 0 Å². The number of carbonyl (C=O) groups is 2. The van der Waals surface area contributed by atoms with Crippen molar-refractivity contribution in [3.63, 3.8) is 0 Å². The zero-order valence-corrected chi connectivity index (χ0v) is 13.7. The molecule has 24 heavy (non-hydrogen) atoms. The van der Waals surface area contributed by atoms with Gasteiger partial charge in [-0.05, 0) is 18.6 Å². The van der Waals surface area contributed by atoms with Gasteiger partial charge in [0.15, 0.2) is 0 Å². The molecule has 1 atom stereocenters. The van der Waals surface area contributed by atoms with Crippen molar-refractivity contribution in [3.8, 4) is 11.4 Å². The number of rotatable bonds is 5. The lowest BCUT2D eigenvalue weighted by Crippen LogP contribution is -2.42. The van der Waals surface area contributed by atoms with E-state index >= 15 is 0 Å². The maximum Gasteiger partial charge on any atom is 0.245 e. The first-order valence-corrected chi connectivity index (χ1v) is 7.79. The van der Waals surface area contributed by atoms with Crippen LogP contribution in [0.5, 0.6) is 5.75 Å². The molecule has 126 valence electrons. The third-order valence-electron chi connectivity index (χ3n) is 4.04. The van der Waals surface area contributed by atoms with Crippen LogP contribution >= 0.6 is 0 Å². The number of methoxy groups -OCH3 is 1. The maximum absolute atomic E-state index is 12.3. The molecule has 1 aromatic carbocycles. The summed E-state index contributed by atoms with van der Waals surface area (Å²) in [5.41, 5.74) is 1.80. The molecule has 2 aromatic rings. The van der Waals surface area contributed by atoms with E-state index < -0.39 is 6.04 Å². The number of hydrogen-bond acceptors (Lipinski definition) is 4. The number of benzene rings is 1. The van der Waals surface area contributed by atoms with Crippen LogP contribution in [0.1, 0.15) is 18.4 Å². The maximum atomic E-state index is 12.3. The molecule has 2 heterocycles. The van der Waals surface area contributed by atoms with Gasteiger partial charge in [-0.25, -0.2) is 4.68 Å². The predicted molar refractivity (Wildman–Crippen MR) is 87.8 cm³/mol. The van der Waals surface area contributed by atoms with Crippen molar-refractivity contribution < 1.29 is 14.3 Å². The van der Waals surface area contributed by atoms with E-state index in [0.29, 0.717) is 19.4 Å². The molecule has 7 nitrogen and oxygen atoms in total. The molecule has 1 aliphatic heterocycles. The fourth-order valence-corrected chi connectivity index (χ4v) is 2.75. The number of aromatic nitrogens is 2. The molecule has 0 radical (unpaired) electrons. The minimum atomic E-state index is -0.407. The number of ether oxygens (including phenoxy) is 1. The Morgan fingerprint density at radius 2 is 2.33 bits per heavy atom. The second-order valence-electron chi connectivity index (χ2n) is 5.85. The molecule has 1 fully saturated rings. The summed E-state index contributed by atoms with van der Waals surface area (Å²) in [6.45, 7) is 0.440. The van der Waals surface area contributed by atoms with E-state index in [1.807, 2.05) is 30.5 Å². The minimum Gasteiger partial charge on any atom is -0.497 e. The monoisotopic (exact) mass is 328 g/mol. The Bertz CT molecular complexity index is 756. The summed E-state index contributed by atoms with van der Waals surface area (Å²) in [6.07, 6.45) is 4.59. The molecule has 0 spiro atoms. The lowest BCUT2D eigenvalue weighted by Gasteiger charge is -2.20. The smallest absolute Gasteiger partial charge is 0.245 e. The molecule has 0 bridgehead atoms. The van der Waals surface area contributed by atoms with Crippen LogP contribution in [0, 0.1) is 0 Å². The Morgan fingerprint density at radius 3 is 3.04 bits per heavy atom. The van der Waals surface area contributed by atoms with Crippen LogP contribution in [0.4, 0.5) is 0 Å². The predicted octanol–water partition coefficient (Wildman–Crippen LogP) is 1.12. The summed E-state index contributed by atoms with van der Waals surface area (Å²) in [5, 5.41) is 7.04. The highest BCUT2D eigenvalue weighted by Gasteiger charge is 2.29. The van der Waals surface area contributed by atoms with Crippen LogP contribution in [-0.2, 0) is 16.1 Å². The number of nitrogens with zero attached hydrogens (tertiary/aromatic N) is 3. The van der Waals surface area contributed by atoms with Gasteiger partial charge in [0, 0.05) is 37.8 Å². The van der Waals surface area contributed by atoms with Crippen molar-refractivity contribution in [2.45, 2.75) is 25.4 Å². The van der Waals surface area contributed by atoms with Crippen LogP contribution in [0.2, 0.25) is 0 Å². The SMILES string of the molecule is COc1cccc(-n2cc(CN(C)C(=O)[C@@H]3CCC(=O)N3)cn2)c1. The van der Waals surface area contributed by atoms with Gasteiger partial charge in [-0.1, -0.05) is 6.07 Å². The molecule has 1 aromatic heterocycles. The van der Waals surface area contributed by atoms with E-state index in [4.69, 9.17) is 4.74 Å². The fraction of sp³-hybridized carbons (Fsp3) is 0.353. The van der Waals surface area contributed by atoms with Crippen molar-refractivity contribution in [1.82, 2.24) is 20.0 Å². The average Bonchev–Trinajstić information content (AvgIpc) is 3.23. The molecule has 0 saturated carbocycles. The van der Waals surface area contributed by atoms with Crippen LogP contribution in [0.25, 0.3) is 5.69 Å². The first kappa shape index (κ1) is 16.0. The van der Waals surface area contributed by atoms with E-state index in [9.17, 15) is 9.59 Å². The van der Waals surface area contributed by atoms with Crippen LogP contribution in [-0.4, -0.2) is 46.7 Å². The Kier molecular flexibility index (Phi) is 4.50. The van der Waals surface area contributed by atoms with Gasteiger partial charge in [0.25, 0.3) is 0 Å². The Labute approximate surface area is 140 Å². The standard InChI is InChI=1S/C17H20N4O3/c1-20(17(23)15-6-7-16(22)19-15)10-12-9-18-21(11-12)13-4-3-5-14(8-13)24-2/h3-5,8-9,11,15H,6-7,10H2,1-2H3,(H,19,22)/t15-/m0/s1. The molecular weight excluding hydrogens is 308 g/mol. The highest BCUT2D eigenvalue weighted by Crippen LogP contribution is 2.17. The molecule has 1 saturated heterocycles. The number of amides is 2. The summed E-state index contributed by atoms with van der Waals surface area (Å²) < 4.78 is 6.96. The first-order chi connectivity index (χ1) is 11.6. The molecular formula is C17H20N4O3. The molecule has 1 N–H and O–H groups in total. The van der Waals surface area contributed by atoms with E-state index in [0.717, 1.165) is 17.0 Å². The van der Waals surface area contributed by atoms with Crippen LogP contribution in [0.3, 0.4) is 0 Å². The third-order valence-corrected chi connectivity index (χ3v) is 4.04. The summed E-state index contributed by atoms with van der Waals surface area (Å²) >= 11 is 0. The van der Waals surface area contributed by atoms with Gasteiger partial charge in [-0.3, -0.25) is 9.59 Å². The van der Waals surface area contributed by atoms with Crippen molar-refractivity contribution >= 4 is 11.8 Å². The molecule has 3 rings (SSSR count). The normalized spacial score (nSPS) is 16.8. The van der Waals surface area contributed by atoms with Crippen molar-refractivity contribution in [2.75, 3.05) is 14.2 Å². The van der Waals surface area contributed by atoms with Gasteiger partial charge in [0.1, 0.15) is 11.8 Å². The van der Waals surface area contributed by atoms with Gasteiger partial charge >= 0.3 is 0 Å². The quantitative estimate of drug-likeness (QED) is 0.892. The van der Waals surface area contributed by atoms with Crippen LogP contribution in [0.15, 0.2) is 36.7 Å². The van der Waals surface area contributed by atoms with Crippen molar-refractivity contribution in [3.05, 3.63) is 42.2 Å². The Morgan fingerprint density at radius 1 is 1.50 bits per heavy atom. The second kappa shape index (κ2) is 6.74. The van der Waals surface area contributed by atoms with E-state index in [-0.39, 0.29) is 11.8 Å². The highest BCUT2D eigenvalue weighted by molar-refractivity contribution is 5.90. The largest absolute Gasteiger partial charge is 0.497 e. The summed E-state index contributed by atoms with van der Waals surface area (Å²) in [5.74, 6) is 0.622. The van der Waals surface area contributed by atoms with Crippen LogP contribution < -0.4 is 10.1 Å². The van der Waals surface area contributed by atoms with Crippen molar-refractivity contribution in [2.24, 2.45) is 0 Å². The average molecular weight is 328 g/mol. The lowest BCUT2D eigenvalue weighted by molar-refractivity contribution is -0.133. The van der Waals surface area contributed by atoms with E-state index in [2.05, 4.69) is 10.4 Å². The van der Waals surface area contributed by atoms with Gasteiger partial charge in [0.2, 0.25) is 11.8 Å². The van der Waals surface area contributed by atoms with Gasteiger partial charge in [-0.2, -0.15) is 5.10 Å². The topological polar surface area (TPSA) is 76.5 Å². The van der Waals surface area contributed by atoms with Gasteiger partial charge < -0.3 is 15.0 Å². The molecule has 7 heteroatoms. The first-order valence-electron chi connectivity index (χ1n) is 7.79. The number of nitrogens with one attached hydrogen (secondary N) is 1. The zero-order valence-electron chi connectivity index (χ0n) is 13.7. The second-order valence-corrected chi connectivity index (χ2v) is 5.85. The van der Waals surface area contributed by atoms with E-state index in [1.54, 1.807) is 29.9 Å². The summed E-state index contributed by atoms with van der Waals surface area (Å²) in [6, 6.07) is 7.18. The Hall–Kier alpha value is -2.83. The Balaban J connectivity index is 1.67. The summed E-state index contributed by atoms with van der Waals surface area (Å²) in [4.78, 5) is 25.2. The fourth-order valence-electron chi connectivity index (χ4n) is 2.75. The summed E-state index contributed by atoms with van der Waals surface area (Å²) in [7, 11) is 3.35.